The van der Waals surface area contributed by atoms with Crippen molar-refractivity contribution in [3.8, 4) is 23.0 Å². The van der Waals surface area contributed by atoms with Gasteiger partial charge in [-0.2, -0.15) is 4.98 Å². The first-order valence-corrected chi connectivity index (χ1v) is 13.7. The van der Waals surface area contributed by atoms with Crippen LogP contribution in [-0.2, 0) is 14.6 Å². The number of imidazole rings is 1. The van der Waals surface area contributed by atoms with Crippen molar-refractivity contribution in [1.29, 1.82) is 0 Å². The molecule has 3 N–H and O–H groups in total. The van der Waals surface area contributed by atoms with Crippen LogP contribution >= 0.6 is 11.6 Å². The number of rotatable bonds is 6. The van der Waals surface area contributed by atoms with Gasteiger partial charge in [-0.05, 0) is 31.0 Å². The molecule has 2 aliphatic rings. The fourth-order valence-electron chi connectivity index (χ4n) is 4.33. The zero-order chi connectivity index (χ0) is 25.4. The highest BCUT2D eigenvalue weighted by Gasteiger charge is 2.31. The molecule has 194 valence electrons. The van der Waals surface area contributed by atoms with Gasteiger partial charge in [0.15, 0.2) is 15.5 Å². The van der Waals surface area contributed by atoms with Gasteiger partial charge >= 0.3 is 0 Å². The molecule has 1 aromatic carbocycles. The van der Waals surface area contributed by atoms with Gasteiger partial charge in [0.25, 0.3) is 6.01 Å². The molecular formula is C23H25ClFN3O7S. The van der Waals surface area contributed by atoms with Crippen molar-refractivity contribution < 1.29 is 37.2 Å². The molecule has 0 spiro atoms. The summed E-state index contributed by atoms with van der Waals surface area (Å²) in [4.78, 5) is 11.7. The number of hydrogen-bond donors (Lipinski definition) is 3. The van der Waals surface area contributed by atoms with Crippen molar-refractivity contribution in [3.63, 3.8) is 0 Å². The SMILES string of the molecule is O=S1(=O)CCC(Oc2ccc(-c3nc4nc(O[C@H]5CO[C@H](CO)[C@@H](O)C5)[nH]c4cc3Cl)c(F)c2)CC1. The van der Waals surface area contributed by atoms with E-state index >= 15 is 4.39 Å². The topological polar surface area (TPSA) is 144 Å². The first kappa shape index (κ1) is 25.2. The summed E-state index contributed by atoms with van der Waals surface area (Å²) in [5, 5.41) is 19.4. The smallest absolute Gasteiger partial charge is 0.296 e. The number of H-pyrrole nitrogens is 1. The molecular weight excluding hydrogens is 517 g/mol. The second-order valence-electron chi connectivity index (χ2n) is 8.94. The molecule has 3 atom stereocenters. The highest BCUT2D eigenvalue weighted by atomic mass is 35.5. The fourth-order valence-corrected chi connectivity index (χ4v) is 6.03. The van der Waals surface area contributed by atoms with Crippen LogP contribution in [0, 0.1) is 5.82 Å². The van der Waals surface area contributed by atoms with Gasteiger partial charge in [-0.15, -0.1) is 0 Å². The summed E-state index contributed by atoms with van der Waals surface area (Å²) in [5.74, 6) is -0.174. The quantitative estimate of drug-likeness (QED) is 0.428. The van der Waals surface area contributed by atoms with Gasteiger partial charge in [0.1, 0.15) is 29.9 Å². The van der Waals surface area contributed by atoms with E-state index in [-0.39, 0.29) is 65.2 Å². The Morgan fingerprint density at radius 2 is 1.94 bits per heavy atom. The Balaban J connectivity index is 1.31. The minimum Gasteiger partial charge on any atom is -0.490 e. The number of nitrogens with zero attached hydrogens (tertiary/aromatic N) is 2. The van der Waals surface area contributed by atoms with Crippen molar-refractivity contribution in [2.45, 2.75) is 43.7 Å². The molecule has 0 amide bonds. The lowest BCUT2D eigenvalue weighted by Gasteiger charge is -2.31. The van der Waals surface area contributed by atoms with Crippen LogP contribution in [0.15, 0.2) is 24.3 Å². The molecule has 2 aromatic heterocycles. The summed E-state index contributed by atoms with van der Waals surface area (Å²) < 4.78 is 55.2. The molecule has 36 heavy (non-hydrogen) atoms. The number of aliphatic hydroxyl groups excluding tert-OH is 2. The third kappa shape index (κ3) is 5.42. The number of fused-ring (bicyclic) bond motifs is 1. The maximum Gasteiger partial charge on any atom is 0.296 e. The van der Waals surface area contributed by atoms with E-state index in [0.29, 0.717) is 24.1 Å². The number of sulfone groups is 1. The molecule has 0 bridgehead atoms. The van der Waals surface area contributed by atoms with Crippen LogP contribution in [0.3, 0.4) is 0 Å². The van der Waals surface area contributed by atoms with Crippen molar-refractivity contribution in [3.05, 3.63) is 35.1 Å². The van der Waals surface area contributed by atoms with E-state index in [0.717, 1.165) is 0 Å². The minimum atomic E-state index is -3.02. The van der Waals surface area contributed by atoms with E-state index in [1.807, 2.05) is 0 Å². The molecule has 2 fully saturated rings. The predicted molar refractivity (Wildman–Crippen MR) is 128 cm³/mol. The van der Waals surface area contributed by atoms with Gasteiger partial charge in [0.05, 0.1) is 47.1 Å². The van der Waals surface area contributed by atoms with Gasteiger partial charge in [-0.3, -0.25) is 0 Å². The van der Waals surface area contributed by atoms with Crippen LogP contribution in [0.25, 0.3) is 22.4 Å². The predicted octanol–water partition coefficient (Wildman–Crippen LogP) is 2.26. The van der Waals surface area contributed by atoms with E-state index in [9.17, 15) is 18.6 Å². The summed E-state index contributed by atoms with van der Waals surface area (Å²) >= 11 is 6.40. The largest absolute Gasteiger partial charge is 0.490 e. The van der Waals surface area contributed by atoms with Gasteiger partial charge < -0.3 is 29.4 Å². The standard InChI is InChI=1S/C23H25ClFN3O7S/c24-16-9-18-22(28-23(26-18)35-14-8-19(30)20(10-29)33-11-14)27-21(16)15-2-1-13(7-17(15)25)34-12-3-5-36(31,32)6-4-12/h1-2,7,9,12,14,19-20,29-30H,3-6,8,10-11H2,(H,26,27,28)/t14-,19+,20-/m1/s1. The third-order valence-corrected chi connectivity index (χ3v) is 8.30. The fraction of sp³-hybridized carbons (Fsp3) is 0.478. The second-order valence-corrected chi connectivity index (χ2v) is 11.7. The van der Waals surface area contributed by atoms with E-state index in [4.69, 9.17) is 25.8 Å². The molecule has 5 rings (SSSR count). The number of halogens is 2. The van der Waals surface area contributed by atoms with E-state index in [2.05, 4.69) is 15.0 Å². The molecule has 0 unspecified atom stereocenters. The molecule has 13 heteroatoms. The van der Waals surface area contributed by atoms with Crippen molar-refractivity contribution >= 4 is 32.6 Å². The number of pyridine rings is 1. The molecule has 0 aliphatic carbocycles. The van der Waals surface area contributed by atoms with Crippen LogP contribution in [0.5, 0.6) is 11.8 Å². The number of ether oxygens (including phenoxy) is 3. The average molecular weight is 542 g/mol. The van der Waals surface area contributed by atoms with Crippen molar-refractivity contribution in [2.24, 2.45) is 0 Å². The van der Waals surface area contributed by atoms with Gasteiger partial charge in [0, 0.05) is 18.1 Å². The lowest BCUT2D eigenvalue weighted by molar-refractivity contribution is -0.131. The Morgan fingerprint density at radius 3 is 2.64 bits per heavy atom. The van der Waals surface area contributed by atoms with Gasteiger partial charge in [0.2, 0.25) is 0 Å². The Labute approximate surface area is 211 Å². The second kappa shape index (κ2) is 10.1. The van der Waals surface area contributed by atoms with Crippen molar-refractivity contribution in [1.82, 2.24) is 15.0 Å². The van der Waals surface area contributed by atoms with E-state index < -0.39 is 34.0 Å². The average Bonchev–Trinajstić information content (AvgIpc) is 3.21. The highest BCUT2D eigenvalue weighted by molar-refractivity contribution is 7.91. The van der Waals surface area contributed by atoms with E-state index in [1.165, 1.54) is 12.1 Å². The summed E-state index contributed by atoms with van der Waals surface area (Å²) in [7, 11) is -3.02. The maximum atomic E-state index is 15.0. The number of aliphatic hydroxyl groups is 2. The van der Waals surface area contributed by atoms with E-state index in [1.54, 1.807) is 12.1 Å². The van der Waals surface area contributed by atoms with Crippen molar-refractivity contribution in [2.75, 3.05) is 24.7 Å². The Morgan fingerprint density at radius 1 is 1.17 bits per heavy atom. The lowest BCUT2D eigenvalue weighted by Crippen LogP contribution is -2.45. The molecule has 0 saturated carbocycles. The van der Waals surface area contributed by atoms with Crippen LogP contribution in [0.4, 0.5) is 4.39 Å². The first-order chi connectivity index (χ1) is 17.2. The Hall–Kier alpha value is -2.51. The summed E-state index contributed by atoms with van der Waals surface area (Å²) in [6.45, 7) is -0.104. The van der Waals surface area contributed by atoms with Gasteiger partial charge in [-0.1, -0.05) is 11.6 Å². The minimum absolute atomic E-state index is 0.0602. The third-order valence-electron chi connectivity index (χ3n) is 6.29. The normalized spacial score (nSPS) is 24.6. The Kier molecular flexibility index (Phi) is 7.05. The monoisotopic (exact) mass is 541 g/mol. The molecule has 10 nitrogen and oxygen atoms in total. The summed E-state index contributed by atoms with van der Waals surface area (Å²) in [6, 6.07) is 6.05. The highest BCUT2D eigenvalue weighted by Crippen LogP contribution is 2.33. The Bertz CT molecular complexity index is 1360. The molecule has 0 radical (unpaired) electrons. The first-order valence-electron chi connectivity index (χ1n) is 11.5. The lowest BCUT2D eigenvalue weighted by atomic mass is 10.0. The van der Waals surface area contributed by atoms with Crippen LogP contribution in [-0.4, -0.2) is 82.7 Å². The van der Waals surface area contributed by atoms with Crippen LogP contribution in [0.2, 0.25) is 5.02 Å². The molecule has 2 aliphatic heterocycles. The zero-order valence-electron chi connectivity index (χ0n) is 19.1. The number of hydrogen-bond acceptors (Lipinski definition) is 9. The molecule has 3 aromatic rings. The van der Waals surface area contributed by atoms with Crippen LogP contribution in [0.1, 0.15) is 19.3 Å². The number of aromatic amines is 1. The zero-order valence-corrected chi connectivity index (χ0v) is 20.6. The molecule has 4 heterocycles. The van der Waals surface area contributed by atoms with Crippen LogP contribution < -0.4 is 9.47 Å². The molecule has 2 saturated heterocycles. The maximum absolute atomic E-state index is 15.0. The number of benzene rings is 1. The number of nitrogens with one attached hydrogen (secondary N) is 1. The van der Waals surface area contributed by atoms with Gasteiger partial charge in [-0.25, -0.2) is 17.8 Å². The summed E-state index contributed by atoms with van der Waals surface area (Å²) in [5.41, 5.74) is 1.09. The summed E-state index contributed by atoms with van der Waals surface area (Å²) in [6.07, 6.45) is -1.28. The number of aromatic nitrogens is 3.